The highest BCUT2D eigenvalue weighted by Gasteiger charge is 2.30. The molecule has 2 heteroatoms. The van der Waals surface area contributed by atoms with Crippen LogP contribution in [0, 0.1) is 12.3 Å². The molecule has 0 spiro atoms. The third-order valence-electron chi connectivity index (χ3n) is 7.76. The van der Waals surface area contributed by atoms with Crippen molar-refractivity contribution in [2.45, 2.75) is 0 Å². The first-order valence-electron chi connectivity index (χ1n) is 13.9. The molecule has 1 aliphatic heterocycles. The number of hydrogen-bond acceptors (Lipinski definition) is 2. The van der Waals surface area contributed by atoms with E-state index in [-0.39, 0.29) is 0 Å². The molecule has 1 aliphatic rings. The number of rotatable bonds is 5. The molecule has 0 unspecified atom stereocenters. The van der Waals surface area contributed by atoms with Gasteiger partial charge in [0.1, 0.15) is 0 Å². The Kier molecular flexibility index (Phi) is 6.32. The van der Waals surface area contributed by atoms with Gasteiger partial charge in [-0.15, -0.1) is 6.42 Å². The van der Waals surface area contributed by atoms with Crippen LogP contribution in [-0.2, 0) is 0 Å². The van der Waals surface area contributed by atoms with E-state index in [9.17, 15) is 0 Å². The van der Waals surface area contributed by atoms with E-state index in [0.717, 1.165) is 29.3 Å². The van der Waals surface area contributed by atoms with Crippen LogP contribution >= 0.6 is 0 Å². The number of terminal acetylenes is 1. The van der Waals surface area contributed by atoms with Crippen molar-refractivity contribution in [3.63, 3.8) is 0 Å². The molecule has 194 valence electrons. The number of hydrogen-bond donors (Lipinski definition) is 0. The quantitative estimate of drug-likeness (QED) is 0.163. The molecule has 0 aliphatic carbocycles. The Morgan fingerprint density at radius 1 is 0.659 bits per heavy atom. The molecular formula is C39H28N2. The van der Waals surface area contributed by atoms with Crippen molar-refractivity contribution in [1.82, 2.24) is 0 Å². The summed E-state index contributed by atoms with van der Waals surface area (Å²) in [4.78, 5) is 4.79. The SMILES string of the molecule is C#C/C=C\C=C1/CN(c2ccccc2)c2c1cccc2N(c1ccccc1)c1ccc2c(ccc3ccccc32)c1. The Bertz CT molecular complexity index is 1980. The number of benzene rings is 6. The largest absolute Gasteiger partial charge is 0.335 e. The van der Waals surface area contributed by atoms with E-state index in [2.05, 4.69) is 155 Å². The Morgan fingerprint density at radius 3 is 2.22 bits per heavy atom. The number of fused-ring (bicyclic) bond motifs is 4. The summed E-state index contributed by atoms with van der Waals surface area (Å²) in [7, 11) is 0. The zero-order chi connectivity index (χ0) is 27.6. The number of anilines is 5. The van der Waals surface area contributed by atoms with E-state index in [0.29, 0.717) is 0 Å². The van der Waals surface area contributed by atoms with Crippen molar-refractivity contribution in [2.75, 3.05) is 16.3 Å². The minimum atomic E-state index is 0.762. The Hall–Kier alpha value is -5.52. The molecule has 0 saturated carbocycles. The Morgan fingerprint density at radius 2 is 1.39 bits per heavy atom. The third-order valence-corrected chi connectivity index (χ3v) is 7.76. The van der Waals surface area contributed by atoms with Crippen molar-refractivity contribution >= 4 is 55.6 Å². The zero-order valence-electron chi connectivity index (χ0n) is 22.6. The zero-order valence-corrected chi connectivity index (χ0v) is 22.6. The molecule has 41 heavy (non-hydrogen) atoms. The molecule has 0 radical (unpaired) electrons. The first kappa shape index (κ1) is 24.5. The first-order chi connectivity index (χ1) is 20.3. The molecule has 0 saturated heterocycles. The van der Waals surface area contributed by atoms with Gasteiger partial charge in [-0.2, -0.15) is 0 Å². The van der Waals surface area contributed by atoms with Gasteiger partial charge in [-0.25, -0.2) is 0 Å². The highest BCUT2D eigenvalue weighted by Crippen LogP contribution is 2.50. The van der Waals surface area contributed by atoms with Gasteiger partial charge in [-0.05, 0) is 75.7 Å². The molecule has 0 atom stereocenters. The van der Waals surface area contributed by atoms with Crippen LogP contribution in [-0.4, -0.2) is 6.54 Å². The summed E-state index contributed by atoms with van der Waals surface area (Å²) in [6, 6.07) is 47.7. The molecular weight excluding hydrogens is 496 g/mol. The standard InChI is InChI=1S/C39H28N2/c1-2-3-6-15-31-28-40(32-16-7-4-8-17-32)39-37(31)21-13-22-38(39)41(33-18-9-5-10-19-33)34-25-26-36-30(27-34)24-23-29-14-11-12-20-35(29)36/h1,3-27H,28H2/b6-3-,31-15+. The third kappa shape index (κ3) is 4.44. The van der Waals surface area contributed by atoms with Gasteiger partial charge in [0, 0.05) is 29.2 Å². The molecule has 6 aromatic rings. The predicted octanol–water partition coefficient (Wildman–Crippen LogP) is 10.2. The summed E-state index contributed by atoms with van der Waals surface area (Å²) >= 11 is 0. The second-order valence-electron chi connectivity index (χ2n) is 10.2. The molecule has 0 aromatic heterocycles. The Balaban J connectivity index is 1.46. The van der Waals surface area contributed by atoms with Crippen LogP contribution in [0.1, 0.15) is 5.56 Å². The average molecular weight is 525 g/mol. The molecule has 1 heterocycles. The van der Waals surface area contributed by atoms with Crippen LogP contribution in [0.25, 0.3) is 27.1 Å². The highest BCUT2D eigenvalue weighted by atomic mass is 15.2. The van der Waals surface area contributed by atoms with Gasteiger partial charge < -0.3 is 9.80 Å². The maximum Gasteiger partial charge on any atom is 0.0735 e. The lowest BCUT2D eigenvalue weighted by Crippen LogP contribution is -2.17. The highest BCUT2D eigenvalue weighted by molar-refractivity contribution is 6.09. The summed E-state index contributed by atoms with van der Waals surface area (Å²) in [5.41, 5.74) is 8.13. The van der Waals surface area contributed by atoms with E-state index >= 15 is 0 Å². The fraction of sp³-hybridized carbons (Fsp3) is 0.0256. The van der Waals surface area contributed by atoms with Crippen LogP contribution in [0.15, 0.2) is 152 Å². The van der Waals surface area contributed by atoms with E-state index in [1.54, 1.807) is 6.08 Å². The van der Waals surface area contributed by atoms with Crippen LogP contribution in [0.4, 0.5) is 28.4 Å². The number of para-hydroxylation sites is 3. The summed E-state index contributed by atoms with van der Waals surface area (Å²) < 4.78 is 0. The van der Waals surface area contributed by atoms with E-state index in [4.69, 9.17) is 6.42 Å². The maximum absolute atomic E-state index is 5.51. The number of allylic oxidation sites excluding steroid dienone is 3. The van der Waals surface area contributed by atoms with Crippen LogP contribution < -0.4 is 9.80 Å². The van der Waals surface area contributed by atoms with E-state index < -0.39 is 0 Å². The van der Waals surface area contributed by atoms with Gasteiger partial charge in [0.05, 0.1) is 11.4 Å². The van der Waals surface area contributed by atoms with Crippen molar-refractivity contribution in [2.24, 2.45) is 0 Å². The molecule has 0 N–H and O–H groups in total. The maximum atomic E-state index is 5.51. The van der Waals surface area contributed by atoms with Gasteiger partial charge in [0.2, 0.25) is 0 Å². The summed E-state index contributed by atoms with van der Waals surface area (Å²) in [6.45, 7) is 0.762. The molecule has 6 aromatic carbocycles. The van der Waals surface area contributed by atoms with Crippen molar-refractivity contribution in [3.8, 4) is 12.3 Å². The van der Waals surface area contributed by atoms with Gasteiger partial charge >= 0.3 is 0 Å². The smallest absolute Gasteiger partial charge is 0.0735 e. The second kappa shape index (κ2) is 10.6. The predicted molar refractivity (Wildman–Crippen MR) is 176 cm³/mol. The van der Waals surface area contributed by atoms with E-state index in [1.807, 2.05) is 6.08 Å². The molecule has 2 nitrogen and oxygen atoms in total. The second-order valence-corrected chi connectivity index (χ2v) is 10.2. The van der Waals surface area contributed by atoms with Crippen LogP contribution in [0.3, 0.4) is 0 Å². The Labute approximate surface area is 241 Å². The minimum absolute atomic E-state index is 0.762. The fourth-order valence-electron chi connectivity index (χ4n) is 5.92. The average Bonchev–Trinajstić information content (AvgIpc) is 3.41. The summed E-state index contributed by atoms with van der Waals surface area (Å²) in [6.07, 6.45) is 11.4. The topological polar surface area (TPSA) is 6.48 Å². The van der Waals surface area contributed by atoms with E-state index in [1.165, 1.54) is 38.4 Å². The lowest BCUT2D eigenvalue weighted by atomic mass is 10.0. The van der Waals surface area contributed by atoms with Gasteiger partial charge in [-0.3, -0.25) is 0 Å². The number of nitrogens with zero attached hydrogens (tertiary/aromatic N) is 2. The van der Waals surface area contributed by atoms with Gasteiger partial charge in [-0.1, -0.05) is 109 Å². The molecule has 0 amide bonds. The summed E-state index contributed by atoms with van der Waals surface area (Å²) in [5.74, 6) is 2.61. The monoisotopic (exact) mass is 524 g/mol. The normalized spacial score (nSPS) is 13.6. The van der Waals surface area contributed by atoms with Crippen LogP contribution in [0.5, 0.6) is 0 Å². The van der Waals surface area contributed by atoms with Crippen molar-refractivity contribution in [3.05, 3.63) is 157 Å². The molecule has 0 bridgehead atoms. The minimum Gasteiger partial charge on any atom is -0.335 e. The fourth-order valence-corrected chi connectivity index (χ4v) is 5.92. The van der Waals surface area contributed by atoms with Crippen molar-refractivity contribution < 1.29 is 0 Å². The van der Waals surface area contributed by atoms with Gasteiger partial charge in [0.25, 0.3) is 0 Å². The molecule has 7 rings (SSSR count). The van der Waals surface area contributed by atoms with Gasteiger partial charge in [0.15, 0.2) is 0 Å². The van der Waals surface area contributed by atoms with Crippen LogP contribution in [0.2, 0.25) is 0 Å². The molecule has 0 fully saturated rings. The van der Waals surface area contributed by atoms with Crippen molar-refractivity contribution in [1.29, 1.82) is 0 Å². The first-order valence-corrected chi connectivity index (χ1v) is 13.9. The summed E-state index contributed by atoms with van der Waals surface area (Å²) in [5, 5.41) is 5.00. The lowest BCUT2D eigenvalue weighted by molar-refractivity contribution is 1.15. The lowest BCUT2D eigenvalue weighted by Gasteiger charge is -2.31.